The molecule has 1 aliphatic carbocycles. The Hall–Kier alpha value is -1.36. The van der Waals surface area contributed by atoms with Crippen molar-refractivity contribution >= 4 is 5.97 Å². The number of rotatable bonds is 5. The van der Waals surface area contributed by atoms with E-state index in [1.54, 1.807) is 4.68 Å². The van der Waals surface area contributed by atoms with Crippen LogP contribution in [0.1, 0.15) is 31.4 Å². The molecule has 2 rings (SSSR count). The number of carbonyl (C=O) groups is 1. The average Bonchev–Trinajstić information content (AvgIpc) is 2.96. The standard InChI is InChI=1S/C11H17N3O2/c1-8(9-5-12-13(2)6-9)14(7-11(15)16)10-3-4-10/h5-6,8,10H,3-4,7H2,1-2H3,(H,15,16). The van der Waals surface area contributed by atoms with Crippen LogP contribution in [0.3, 0.4) is 0 Å². The molecule has 1 unspecified atom stereocenters. The molecule has 88 valence electrons. The van der Waals surface area contributed by atoms with E-state index < -0.39 is 5.97 Å². The van der Waals surface area contributed by atoms with Gasteiger partial charge in [0.2, 0.25) is 0 Å². The van der Waals surface area contributed by atoms with E-state index in [1.165, 1.54) is 0 Å². The highest BCUT2D eigenvalue weighted by atomic mass is 16.4. The second kappa shape index (κ2) is 4.25. The van der Waals surface area contributed by atoms with Crippen molar-refractivity contribution in [3.05, 3.63) is 18.0 Å². The van der Waals surface area contributed by atoms with Gasteiger partial charge < -0.3 is 5.11 Å². The highest BCUT2D eigenvalue weighted by Crippen LogP contribution is 2.33. The van der Waals surface area contributed by atoms with E-state index in [4.69, 9.17) is 5.11 Å². The van der Waals surface area contributed by atoms with Gasteiger partial charge in [-0.2, -0.15) is 5.10 Å². The molecular formula is C11H17N3O2. The summed E-state index contributed by atoms with van der Waals surface area (Å²) >= 11 is 0. The Balaban J connectivity index is 2.10. The molecule has 1 atom stereocenters. The highest BCUT2D eigenvalue weighted by Gasteiger charge is 2.34. The molecule has 0 saturated heterocycles. The summed E-state index contributed by atoms with van der Waals surface area (Å²) in [7, 11) is 1.87. The molecule has 0 radical (unpaired) electrons. The minimum Gasteiger partial charge on any atom is -0.480 e. The molecule has 1 aromatic heterocycles. The normalized spacial score (nSPS) is 17.7. The number of aromatic nitrogens is 2. The molecule has 1 saturated carbocycles. The minimum absolute atomic E-state index is 0.112. The minimum atomic E-state index is -0.761. The summed E-state index contributed by atoms with van der Waals surface area (Å²) < 4.78 is 1.75. The molecule has 5 heteroatoms. The lowest BCUT2D eigenvalue weighted by atomic mass is 10.1. The lowest BCUT2D eigenvalue weighted by molar-refractivity contribution is -0.139. The van der Waals surface area contributed by atoms with Gasteiger partial charge in [0.15, 0.2) is 0 Å². The zero-order chi connectivity index (χ0) is 11.7. The third-order valence-corrected chi connectivity index (χ3v) is 3.04. The van der Waals surface area contributed by atoms with Crippen LogP contribution in [-0.4, -0.2) is 38.3 Å². The van der Waals surface area contributed by atoms with Crippen molar-refractivity contribution in [1.29, 1.82) is 0 Å². The van der Waals surface area contributed by atoms with Gasteiger partial charge in [-0.25, -0.2) is 0 Å². The first-order valence-electron chi connectivity index (χ1n) is 5.54. The Morgan fingerprint density at radius 1 is 1.75 bits per heavy atom. The van der Waals surface area contributed by atoms with E-state index in [1.807, 2.05) is 31.3 Å². The summed E-state index contributed by atoms with van der Waals surface area (Å²) in [5, 5.41) is 13.0. The van der Waals surface area contributed by atoms with E-state index in [0.29, 0.717) is 6.04 Å². The second-order valence-electron chi connectivity index (χ2n) is 4.42. The first kappa shape index (κ1) is 11.1. The highest BCUT2D eigenvalue weighted by molar-refractivity contribution is 5.69. The monoisotopic (exact) mass is 223 g/mol. The smallest absolute Gasteiger partial charge is 0.317 e. The van der Waals surface area contributed by atoms with E-state index in [2.05, 4.69) is 5.10 Å². The number of hydrogen-bond acceptors (Lipinski definition) is 3. The van der Waals surface area contributed by atoms with E-state index in [-0.39, 0.29) is 12.6 Å². The van der Waals surface area contributed by atoms with Gasteiger partial charge in [0.05, 0.1) is 12.7 Å². The molecule has 0 aliphatic heterocycles. The van der Waals surface area contributed by atoms with Gasteiger partial charge in [-0.15, -0.1) is 0 Å². The van der Waals surface area contributed by atoms with E-state index in [9.17, 15) is 4.79 Å². The summed E-state index contributed by atoms with van der Waals surface area (Å²) in [5.41, 5.74) is 1.08. The summed E-state index contributed by atoms with van der Waals surface area (Å²) in [6, 6.07) is 0.559. The van der Waals surface area contributed by atoms with Crippen molar-refractivity contribution in [3.8, 4) is 0 Å². The Morgan fingerprint density at radius 3 is 2.88 bits per heavy atom. The fourth-order valence-corrected chi connectivity index (χ4v) is 1.99. The molecule has 0 aromatic carbocycles. The van der Waals surface area contributed by atoms with Crippen molar-refractivity contribution in [1.82, 2.24) is 14.7 Å². The zero-order valence-electron chi connectivity index (χ0n) is 9.63. The Kier molecular flexibility index (Phi) is 2.96. The molecule has 0 amide bonds. The van der Waals surface area contributed by atoms with Gasteiger partial charge in [-0.3, -0.25) is 14.4 Å². The van der Waals surface area contributed by atoms with Crippen LogP contribution in [0.25, 0.3) is 0 Å². The average molecular weight is 223 g/mol. The number of aliphatic carboxylic acids is 1. The maximum Gasteiger partial charge on any atom is 0.317 e. The molecule has 1 heterocycles. The topological polar surface area (TPSA) is 58.4 Å². The van der Waals surface area contributed by atoms with Crippen molar-refractivity contribution in [3.63, 3.8) is 0 Å². The second-order valence-corrected chi connectivity index (χ2v) is 4.42. The third kappa shape index (κ3) is 2.41. The van der Waals surface area contributed by atoms with Gasteiger partial charge in [-0.1, -0.05) is 0 Å². The first-order chi connectivity index (χ1) is 7.58. The third-order valence-electron chi connectivity index (χ3n) is 3.04. The fourth-order valence-electron chi connectivity index (χ4n) is 1.99. The Labute approximate surface area is 94.7 Å². The predicted octanol–water partition coefficient (Wildman–Crippen LogP) is 1.03. The summed E-state index contributed by atoms with van der Waals surface area (Å²) in [6.07, 6.45) is 5.97. The van der Waals surface area contributed by atoms with Crippen molar-refractivity contribution < 1.29 is 9.90 Å². The summed E-state index contributed by atoms with van der Waals surface area (Å²) in [4.78, 5) is 12.9. The fraction of sp³-hybridized carbons (Fsp3) is 0.636. The van der Waals surface area contributed by atoms with Crippen LogP contribution >= 0.6 is 0 Å². The molecule has 1 aliphatic rings. The van der Waals surface area contributed by atoms with Gasteiger partial charge >= 0.3 is 5.97 Å². The molecule has 16 heavy (non-hydrogen) atoms. The largest absolute Gasteiger partial charge is 0.480 e. The van der Waals surface area contributed by atoms with Crippen LogP contribution < -0.4 is 0 Å². The molecule has 5 nitrogen and oxygen atoms in total. The van der Waals surface area contributed by atoms with Crippen molar-refractivity contribution in [2.45, 2.75) is 31.8 Å². The maximum absolute atomic E-state index is 10.8. The first-order valence-corrected chi connectivity index (χ1v) is 5.54. The van der Waals surface area contributed by atoms with Gasteiger partial charge in [0, 0.05) is 30.9 Å². The molecular weight excluding hydrogens is 206 g/mol. The molecule has 0 bridgehead atoms. The van der Waals surface area contributed by atoms with Crippen LogP contribution in [0.2, 0.25) is 0 Å². The van der Waals surface area contributed by atoms with Crippen LogP contribution in [0.4, 0.5) is 0 Å². The lowest BCUT2D eigenvalue weighted by Gasteiger charge is -2.26. The van der Waals surface area contributed by atoms with Gasteiger partial charge in [0.1, 0.15) is 0 Å². The van der Waals surface area contributed by atoms with Gasteiger partial charge in [-0.05, 0) is 19.8 Å². The number of carboxylic acids is 1. The van der Waals surface area contributed by atoms with Crippen LogP contribution in [-0.2, 0) is 11.8 Å². The predicted molar refractivity (Wildman–Crippen MR) is 59.0 cm³/mol. The molecule has 1 N–H and O–H groups in total. The molecule has 1 fully saturated rings. The van der Waals surface area contributed by atoms with Gasteiger partial charge in [0.25, 0.3) is 0 Å². The van der Waals surface area contributed by atoms with Crippen LogP contribution in [0.15, 0.2) is 12.4 Å². The zero-order valence-corrected chi connectivity index (χ0v) is 9.63. The van der Waals surface area contributed by atoms with E-state index in [0.717, 1.165) is 18.4 Å². The Morgan fingerprint density at radius 2 is 2.44 bits per heavy atom. The number of aryl methyl sites for hydroxylation is 1. The Bertz CT molecular complexity index is 384. The summed E-state index contributed by atoms with van der Waals surface area (Å²) in [6.45, 7) is 2.15. The molecule has 1 aromatic rings. The van der Waals surface area contributed by atoms with Crippen molar-refractivity contribution in [2.24, 2.45) is 7.05 Å². The number of hydrogen-bond donors (Lipinski definition) is 1. The van der Waals surface area contributed by atoms with Crippen LogP contribution in [0.5, 0.6) is 0 Å². The number of nitrogens with zero attached hydrogens (tertiary/aromatic N) is 3. The van der Waals surface area contributed by atoms with Crippen molar-refractivity contribution in [2.75, 3.05) is 6.54 Å². The lowest BCUT2D eigenvalue weighted by Crippen LogP contribution is -2.34. The van der Waals surface area contributed by atoms with Crippen LogP contribution in [0, 0.1) is 0 Å². The number of carboxylic acid groups (broad SMARTS) is 1. The maximum atomic E-state index is 10.8. The summed E-state index contributed by atoms with van der Waals surface area (Å²) in [5.74, 6) is -0.761. The quantitative estimate of drug-likeness (QED) is 0.810. The SMILES string of the molecule is CC(c1cnn(C)c1)N(CC(=O)O)C1CC1. The molecule has 0 spiro atoms. The van der Waals surface area contributed by atoms with E-state index >= 15 is 0 Å².